The van der Waals surface area contributed by atoms with Gasteiger partial charge in [0.15, 0.2) is 0 Å². The van der Waals surface area contributed by atoms with Crippen LogP contribution in [-0.2, 0) is 6.54 Å². The summed E-state index contributed by atoms with van der Waals surface area (Å²) in [7, 11) is 0. The monoisotopic (exact) mass is 293 g/mol. The first kappa shape index (κ1) is 17.6. The minimum atomic E-state index is -0.0117. The van der Waals surface area contributed by atoms with Crippen molar-refractivity contribution in [1.82, 2.24) is 9.88 Å². The number of carbonyl (C=O) groups excluding carboxylic acids is 1. The predicted molar refractivity (Wildman–Crippen MR) is 89.4 cm³/mol. The number of amides is 1. The Morgan fingerprint density at radius 1 is 1.29 bits per heavy atom. The van der Waals surface area contributed by atoms with Crippen molar-refractivity contribution in [2.45, 2.75) is 65.8 Å². The van der Waals surface area contributed by atoms with E-state index in [2.05, 4.69) is 26.1 Å². The highest BCUT2D eigenvalue weighted by atomic mass is 16.1. The number of hydrogen-bond donors (Lipinski definition) is 2. The lowest BCUT2D eigenvalue weighted by molar-refractivity contribution is 0.0943. The molecular formula is C17H31N3O. The van der Waals surface area contributed by atoms with Crippen LogP contribution in [0, 0.1) is 5.92 Å². The Morgan fingerprint density at radius 3 is 2.67 bits per heavy atom. The number of aryl methyl sites for hydroxylation is 1. The van der Waals surface area contributed by atoms with Gasteiger partial charge in [-0.25, -0.2) is 0 Å². The number of nitrogens with one attached hydrogen (secondary N) is 1. The molecular weight excluding hydrogens is 262 g/mol. The lowest BCUT2D eigenvalue weighted by Crippen LogP contribution is -2.26. The second kappa shape index (κ2) is 9.48. The first-order valence-electron chi connectivity index (χ1n) is 8.28. The van der Waals surface area contributed by atoms with E-state index in [1.165, 1.54) is 25.7 Å². The number of carbonyl (C=O) groups is 1. The van der Waals surface area contributed by atoms with E-state index in [1.54, 1.807) is 6.07 Å². The number of hydrogen-bond acceptors (Lipinski definition) is 2. The fourth-order valence-corrected chi connectivity index (χ4v) is 2.47. The second-order valence-corrected chi connectivity index (χ2v) is 6.20. The Balaban J connectivity index is 2.25. The van der Waals surface area contributed by atoms with E-state index in [0.717, 1.165) is 31.8 Å². The molecule has 0 bridgehead atoms. The third-order valence-electron chi connectivity index (χ3n) is 3.61. The van der Waals surface area contributed by atoms with Crippen LogP contribution in [0.5, 0.6) is 0 Å². The summed E-state index contributed by atoms with van der Waals surface area (Å²) in [6.45, 7) is 8.19. The van der Waals surface area contributed by atoms with Crippen LogP contribution in [0.2, 0.25) is 0 Å². The first-order valence-corrected chi connectivity index (χ1v) is 8.28. The summed E-state index contributed by atoms with van der Waals surface area (Å²) in [5.74, 6) is 0.781. The minimum absolute atomic E-state index is 0.0117. The van der Waals surface area contributed by atoms with Crippen LogP contribution in [0.15, 0.2) is 12.3 Å². The zero-order chi connectivity index (χ0) is 15.7. The van der Waals surface area contributed by atoms with Crippen molar-refractivity contribution >= 4 is 11.6 Å². The van der Waals surface area contributed by atoms with Gasteiger partial charge < -0.3 is 15.6 Å². The fourth-order valence-electron chi connectivity index (χ4n) is 2.47. The smallest absolute Gasteiger partial charge is 0.267 e. The number of nitrogens with two attached hydrogens (primary N) is 1. The molecule has 120 valence electrons. The van der Waals surface area contributed by atoms with E-state index in [1.807, 2.05) is 10.8 Å². The van der Waals surface area contributed by atoms with Crippen LogP contribution in [0.3, 0.4) is 0 Å². The van der Waals surface area contributed by atoms with Gasteiger partial charge in [-0.1, -0.05) is 46.5 Å². The molecule has 1 rings (SSSR count). The molecule has 0 unspecified atom stereocenters. The molecule has 0 spiro atoms. The van der Waals surface area contributed by atoms with Crippen LogP contribution >= 0.6 is 0 Å². The maximum Gasteiger partial charge on any atom is 0.267 e. The molecule has 3 N–H and O–H groups in total. The van der Waals surface area contributed by atoms with Crippen LogP contribution in [-0.4, -0.2) is 17.0 Å². The molecule has 1 amide bonds. The molecule has 0 atom stereocenters. The van der Waals surface area contributed by atoms with Crippen molar-refractivity contribution in [3.8, 4) is 0 Å². The number of unbranched alkanes of at least 4 members (excludes halogenated alkanes) is 3. The van der Waals surface area contributed by atoms with Gasteiger partial charge in [-0.05, 0) is 24.8 Å². The summed E-state index contributed by atoms with van der Waals surface area (Å²) in [6.07, 6.45) is 8.92. The van der Waals surface area contributed by atoms with Gasteiger partial charge in [-0.2, -0.15) is 0 Å². The summed E-state index contributed by atoms with van der Waals surface area (Å²) in [5, 5.41) is 3.00. The third-order valence-corrected chi connectivity index (χ3v) is 3.61. The Kier molecular flexibility index (Phi) is 7.95. The normalized spacial score (nSPS) is 11.0. The standard InChI is InChI=1S/C17H31N3O/c1-4-11-20-13-15(18)12-16(20)17(21)19-10-8-6-5-7-9-14(2)3/h12-14H,4-11,18H2,1-3H3,(H,19,21). The molecule has 4 heteroatoms. The number of nitrogen functional groups attached to an aromatic ring is 1. The molecule has 4 nitrogen and oxygen atoms in total. The predicted octanol–water partition coefficient (Wildman–Crippen LogP) is 3.82. The molecule has 0 saturated carbocycles. The van der Waals surface area contributed by atoms with Crippen molar-refractivity contribution in [2.24, 2.45) is 5.92 Å². The highest BCUT2D eigenvalue weighted by Crippen LogP contribution is 2.12. The van der Waals surface area contributed by atoms with Gasteiger partial charge in [-0.15, -0.1) is 0 Å². The quantitative estimate of drug-likeness (QED) is 0.644. The molecule has 0 fully saturated rings. The third kappa shape index (κ3) is 6.69. The van der Waals surface area contributed by atoms with Gasteiger partial charge in [0.05, 0.1) is 5.69 Å². The summed E-state index contributed by atoms with van der Waals surface area (Å²) in [4.78, 5) is 12.1. The number of nitrogens with zero attached hydrogens (tertiary/aromatic N) is 1. The van der Waals surface area contributed by atoms with Crippen molar-refractivity contribution in [3.63, 3.8) is 0 Å². The molecule has 21 heavy (non-hydrogen) atoms. The average molecular weight is 293 g/mol. The first-order chi connectivity index (χ1) is 10.0. The van der Waals surface area contributed by atoms with E-state index in [9.17, 15) is 4.79 Å². The van der Waals surface area contributed by atoms with Crippen LogP contribution in [0.4, 0.5) is 5.69 Å². The van der Waals surface area contributed by atoms with E-state index in [-0.39, 0.29) is 5.91 Å². The lowest BCUT2D eigenvalue weighted by atomic mass is 10.0. The summed E-state index contributed by atoms with van der Waals surface area (Å²) >= 11 is 0. The van der Waals surface area contributed by atoms with Crippen LogP contribution in [0.25, 0.3) is 0 Å². The number of anilines is 1. The fraction of sp³-hybridized carbons (Fsp3) is 0.706. The minimum Gasteiger partial charge on any atom is -0.397 e. The molecule has 0 radical (unpaired) electrons. The van der Waals surface area contributed by atoms with Crippen molar-refractivity contribution < 1.29 is 4.79 Å². The Morgan fingerprint density at radius 2 is 2.00 bits per heavy atom. The summed E-state index contributed by atoms with van der Waals surface area (Å²) < 4.78 is 1.94. The molecule has 0 aromatic carbocycles. The Hall–Kier alpha value is -1.45. The average Bonchev–Trinajstić information content (AvgIpc) is 2.78. The van der Waals surface area contributed by atoms with Gasteiger partial charge in [0.2, 0.25) is 0 Å². The maximum atomic E-state index is 12.1. The van der Waals surface area contributed by atoms with Crippen molar-refractivity contribution in [2.75, 3.05) is 12.3 Å². The second-order valence-electron chi connectivity index (χ2n) is 6.20. The summed E-state index contributed by atoms with van der Waals surface area (Å²) in [6, 6.07) is 1.76. The Labute approximate surface area is 129 Å². The number of aromatic nitrogens is 1. The molecule has 0 aliphatic heterocycles. The molecule has 0 saturated heterocycles. The van der Waals surface area contributed by atoms with E-state index in [0.29, 0.717) is 11.4 Å². The highest BCUT2D eigenvalue weighted by molar-refractivity contribution is 5.93. The van der Waals surface area contributed by atoms with Gasteiger partial charge in [0.1, 0.15) is 5.69 Å². The number of rotatable bonds is 10. The largest absolute Gasteiger partial charge is 0.397 e. The van der Waals surface area contributed by atoms with Gasteiger partial charge in [0.25, 0.3) is 5.91 Å². The highest BCUT2D eigenvalue weighted by Gasteiger charge is 2.11. The zero-order valence-electron chi connectivity index (χ0n) is 13.8. The summed E-state index contributed by atoms with van der Waals surface area (Å²) in [5.41, 5.74) is 7.11. The van der Waals surface area contributed by atoms with Gasteiger partial charge >= 0.3 is 0 Å². The van der Waals surface area contributed by atoms with Gasteiger partial charge in [-0.3, -0.25) is 4.79 Å². The van der Waals surface area contributed by atoms with E-state index in [4.69, 9.17) is 5.73 Å². The molecule has 1 aromatic heterocycles. The zero-order valence-corrected chi connectivity index (χ0v) is 13.8. The topological polar surface area (TPSA) is 60.0 Å². The molecule has 0 aliphatic rings. The lowest BCUT2D eigenvalue weighted by Gasteiger charge is -2.09. The molecule has 1 heterocycles. The molecule has 1 aromatic rings. The van der Waals surface area contributed by atoms with Crippen LogP contribution in [0.1, 0.15) is 69.8 Å². The van der Waals surface area contributed by atoms with Crippen molar-refractivity contribution in [3.05, 3.63) is 18.0 Å². The van der Waals surface area contributed by atoms with E-state index < -0.39 is 0 Å². The SMILES string of the molecule is CCCn1cc(N)cc1C(=O)NCCCCCCC(C)C. The van der Waals surface area contributed by atoms with Crippen LogP contribution < -0.4 is 11.1 Å². The maximum absolute atomic E-state index is 12.1. The van der Waals surface area contributed by atoms with Crippen molar-refractivity contribution in [1.29, 1.82) is 0 Å². The van der Waals surface area contributed by atoms with E-state index >= 15 is 0 Å². The molecule has 0 aliphatic carbocycles. The Bertz CT molecular complexity index is 424. The van der Waals surface area contributed by atoms with Gasteiger partial charge in [0, 0.05) is 19.3 Å².